The molecule has 4 aromatic rings. The van der Waals surface area contributed by atoms with Crippen LogP contribution in [0.5, 0.6) is 11.6 Å². The maximum absolute atomic E-state index is 14.7. The van der Waals surface area contributed by atoms with E-state index in [2.05, 4.69) is 21.9 Å². The van der Waals surface area contributed by atoms with E-state index in [0.29, 0.717) is 56.5 Å². The Kier molecular flexibility index (Phi) is 10.4. The molecule has 2 aromatic heterocycles. The van der Waals surface area contributed by atoms with Crippen molar-refractivity contribution in [1.29, 1.82) is 0 Å². The van der Waals surface area contributed by atoms with Crippen LogP contribution in [0.1, 0.15) is 67.2 Å². The third kappa shape index (κ3) is 8.00. The normalized spacial score (nSPS) is 22.7. The minimum Gasteiger partial charge on any atom is -0.497 e. The van der Waals surface area contributed by atoms with Gasteiger partial charge in [0.05, 0.1) is 24.3 Å². The molecule has 3 N–H and O–H groups in total. The van der Waals surface area contributed by atoms with Crippen LogP contribution in [0.3, 0.4) is 0 Å². The molecule has 2 aromatic carbocycles. The van der Waals surface area contributed by atoms with Crippen molar-refractivity contribution in [2.24, 2.45) is 11.3 Å². The van der Waals surface area contributed by atoms with Crippen LogP contribution in [0, 0.1) is 11.3 Å². The molecule has 3 fully saturated rings. The molecule has 0 spiro atoms. The number of aromatic nitrogens is 1. The summed E-state index contributed by atoms with van der Waals surface area (Å²) >= 11 is 6.48. The van der Waals surface area contributed by atoms with Crippen molar-refractivity contribution in [3.8, 4) is 11.6 Å². The van der Waals surface area contributed by atoms with E-state index in [1.807, 2.05) is 0 Å². The van der Waals surface area contributed by atoms with Crippen LogP contribution in [0.4, 0.5) is 4.79 Å². The molecule has 0 radical (unpaired) electrons. The van der Waals surface area contributed by atoms with E-state index >= 15 is 0 Å². The molecule has 3 heterocycles. The molecule has 5 atom stereocenters. The number of alkyl carbamates (subject to hydrolysis) is 1. The van der Waals surface area contributed by atoms with Crippen LogP contribution in [-0.4, -0.2) is 90.3 Å². The Balaban J connectivity index is 1.25. The number of fused-ring (bicyclic) bond motifs is 5. The highest BCUT2D eigenvalue weighted by molar-refractivity contribution is 7.91. The van der Waals surface area contributed by atoms with Crippen LogP contribution >= 0.6 is 11.6 Å². The first-order chi connectivity index (χ1) is 27.1. The van der Waals surface area contributed by atoms with E-state index in [9.17, 15) is 27.6 Å². The molecule has 1 unspecified atom stereocenters. The van der Waals surface area contributed by atoms with Gasteiger partial charge in [-0.05, 0) is 81.8 Å². The largest absolute Gasteiger partial charge is 0.497 e. The average molecular weight is 838 g/mol. The minimum atomic E-state index is -3.94. The Bertz CT molecular complexity index is 2470. The molecule has 2 saturated carbocycles. The number of carbonyl (C=O) groups is 4. The number of methoxy groups -OCH3 is 1. The Morgan fingerprint density at radius 1 is 1.05 bits per heavy atom. The number of furan rings is 1. The van der Waals surface area contributed by atoms with Gasteiger partial charge in [0.15, 0.2) is 5.58 Å². The molecular formula is C41H48ClN5O10S. The fourth-order valence-corrected chi connectivity index (χ4v) is 8.96. The number of ether oxygens (including phenoxy) is 3. The number of nitrogens with zero attached hydrogens (tertiary/aromatic N) is 2. The summed E-state index contributed by atoms with van der Waals surface area (Å²) in [5.41, 5.74) is -1.76. The predicted octanol–water partition coefficient (Wildman–Crippen LogP) is 5.75. The molecule has 17 heteroatoms. The van der Waals surface area contributed by atoms with Crippen molar-refractivity contribution < 1.29 is 46.2 Å². The van der Waals surface area contributed by atoms with Gasteiger partial charge < -0.3 is 34.2 Å². The monoisotopic (exact) mass is 837 g/mol. The molecule has 15 nitrogen and oxygen atoms in total. The molecule has 1 saturated heterocycles. The van der Waals surface area contributed by atoms with Crippen LogP contribution < -0.4 is 24.8 Å². The second-order valence-corrected chi connectivity index (χ2v) is 19.8. The summed E-state index contributed by atoms with van der Waals surface area (Å²) in [6, 6.07) is 8.17. The Morgan fingerprint density at radius 3 is 2.40 bits per heavy atom. The molecular weight excluding hydrogens is 790 g/mol. The van der Waals surface area contributed by atoms with Gasteiger partial charge in [0, 0.05) is 28.1 Å². The van der Waals surface area contributed by atoms with Crippen LogP contribution in [-0.2, 0) is 29.1 Å². The topological polar surface area (TPSA) is 195 Å². The van der Waals surface area contributed by atoms with E-state index in [-0.39, 0.29) is 25.3 Å². The highest BCUT2D eigenvalue weighted by Gasteiger charge is 2.62. The summed E-state index contributed by atoms with van der Waals surface area (Å²) in [5, 5.41) is 7.10. The van der Waals surface area contributed by atoms with Crippen LogP contribution in [0.15, 0.2) is 53.5 Å². The fraction of sp³-hybridized carbons (Fsp3) is 0.488. The first kappa shape index (κ1) is 41.1. The van der Waals surface area contributed by atoms with Crippen molar-refractivity contribution in [2.75, 3.05) is 13.7 Å². The highest BCUT2D eigenvalue weighted by atomic mass is 35.5. The molecule has 1 aliphatic heterocycles. The van der Waals surface area contributed by atoms with Crippen molar-refractivity contribution in [2.45, 2.75) is 102 Å². The zero-order valence-electron chi connectivity index (χ0n) is 33.4. The number of halogens is 1. The average Bonchev–Trinajstić information content (AvgIpc) is 4.04. The zero-order valence-corrected chi connectivity index (χ0v) is 35.0. The van der Waals surface area contributed by atoms with Crippen molar-refractivity contribution in [3.63, 3.8) is 0 Å². The minimum absolute atomic E-state index is 0.0561. The standard InChI is InChI=1S/C41H48ClN5O10S/c1-9-21-19-41(21,37(50)46-58(52,53)25-12-13-25)45-34(48)29-18-24(20-47(29)36(49)33(39(2,3)4)44-38(51)57-40(5,6)7)55-35-27-16-22(42)10-14-26(27)32-31(43-35)28-17-23(54-8)11-15-30(28)56-32/h9-11,14-17,21,24-25,29,33H,1,12-13,18-20H2,2-8H3,(H,44,51)(H,45,48)(H,46,50)/t21-,24?,29+,33-,41-/m1/s1. The number of hydrogen-bond donors (Lipinski definition) is 3. The highest BCUT2D eigenvalue weighted by Crippen LogP contribution is 2.46. The molecule has 310 valence electrons. The lowest BCUT2D eigenvalue weighted by atomic mass is 9.85. The molecule has 7 rings (SSSR count). The Morgan fingerprint density at radius 2 is 1.78 bits per heavy atom. The van der Waals surface area contributed by atoms with E-state index in [0.717, 1.165) is 0 Å². The lowest BCUT2D eigenvalue weighted by Gasteiger charge is -2.36. The second-order valence-electron chi connectivity index (χ2n) is 17.4. The van der Waals surface area contributed by atoms with Crippen LogP contribution in [0.2, 0.25) is 5.02 Å². The van der Waals surface area contributed by atoms with Gasteiger partial charge in [-0.3, -0.25) is 19.1 Å². The Hall–Kier alpha value is -5.09. The van der Waals surface area contributed by atoms with Gasteiger partial charge in [0.25, 0.3) is 5.91 Å². The number of nitrogens with one attached hydrogen (secondary N) is 3. The summed E-state index contributed by atoms with van der Waals surface area (Å²) in [4.78, 5) is 62.1. The number of likely N-dealkylation sites (tertiary alicyclic amines) is 1. The lowest BCUT2D eigenvalue weighted by molar-refractivity contribution is -0.143. The third-order valence-electron chi connectivity index (χ3n) is 10.7. The lowest BCUT2D eigenvalue weighted by Crippen LogP contribution is -2.60. The van der Waals surface area contributed by atoms with E-state index in [1.165, 1.54) is 11.0 Å². The summed E-state index contributed by atoms with van der Waals surface area (Å²) in [7, 11) is -2.38. The summed E-state index contributed by atoms with van der Waals surface area (Å²) in [5.74, 6) is -1.98. The van der Waals surface area contributed by atoms with E-state index in [4.69, 9.17) is 35.2 Å². The van der Waals surface area contributed by atoms with Gasteiger partial charge in [0.1, 0.15) is 46.2 Å². The molecule has 2 aliphatic carbocycles. The van der Waals surface area contributed by atoms with Crippen molar-refractivity contribution in [1.82, 2.24) is 25.2 Å². The maximum Gasteiger partial charge on any atom is 0.408 e. The quantitative estimate of drug-likeness (QED) is 0.156. The number of benzene rings is 2. The van der Waals surface area contributed by atoms with Gasteiger partial charge in [-0.1, -0.05) is 38.4 Å². The second kappa shape index (κ2) is 14.6. The molecule has 0 bridgehead atoms. The first-order valence-corrected chi connectivity index (χ1v) is 21.0. The van der Waals surface area contributed by atoms with Gasteiger partial charge in [-0.25, -0.2) is 18.2 Å². The van der Waals surface area contributed by atoms with Gasteiger partial charge in [-0.15, -0.1) is 6.58 Å². The summed E-state index contributed by atoms with van der Waals surface area (Å²) in [6.45, 7) is 14.1. The van der Waals surface area contributed by atoms with E-state index in [1.54, 1.807) is 85.1 Å². The predicted molar refractivity (Wildman–Crippen MR) is 217 cm³/mol. The van der Waals surface area contributed by atoms with Gasteiger partial charge in [0.2, 0.25) is 27.7 Å². The van der Waals surface area contributed by atoms with Crippen molar-refractivity contribution >= 4 is 78.3 Å². The Labute approximate surface area is 341 Å². The van der Waals surface area contributed by atoms with Gasteiger partial charge in [-0.2, -0.15) is 0 Å². The maximum atomic E-state index is 14.7. The fourth-order valence-electron chi connectivity index (χ4n) is 7.42. The molecule has 4 amide bonds. The number of hydrogen-bond acceptors (Lipinski definition) is 11. The molecule has 58 heavy (non-hydrogen) atoms. The first-order valence-electron chi connectivity index (χ1n) is 19.1. The summed E-state index contributed by atoms with van der Waals surface area (Å²) < 4.78 is 51.6. The SMILES string of the molecule is C=C[C@@H]1C[C@]1(NC(=O)[C@@H]1CC(Oc2nc3c4cc(OC)ccc4oc3c3ccc(Cl)cc23)CN1C(=O)[C@@H](NC(=O)OC(C)(C)C)C(C)(C)C)C(=O)NS(=O)(=O)C1CC1. The zero-order chi connectivity index (χ0) is 42.1. The van der Waals surface area contributed by atoms with Crippen LogP contribution in [0.25, 0.3) is 32.8 Å². The molecule has 3 aliphatic rings. The third-order valence-corrected chi connectivity index (χ3v) is 12.7. The summed E-state index contributed by atoms with van der Waals surface area (Å²) in [6.07, 6.45) is 0.760. The number of sulfonamides is 1. The number of carbonyl (C=O) groups excluding carboxylic acids is 4. The number of pyridine rings is 1. The van der Waals surface area contributed by atoms with Gasteiger partial charge >= 0.3 is 6.09 Å². The van der Waals surface area contributed by atoms with E-state index < -0.39 is 79.7 Å². The number of amides is 4. The van der Waals surface area contributed by atoms with Crippen molar-refractivity contribution in [3.05, 3.63) is 54.1 Å². The number of rotatable bonds is 11. The smallest absolute Gasteiger partial charge is 0.408 e.